The van der Waals surface area contributed by atoms with E-state index in [1.165, 1.54) is 18.3 Å². The second-order valence-electron chi connectivity index (χ2n) is 7.57. The Balaban J connectivity index is 0.00000289. The topological polar surface area (TPSA) is 80.7 Å². The Labute approximate surface area is 199 Å². The molecule has 1 aromatic carbocycles. The first-order chi connectivity index (χ1) is 14.8. The minimum Gasteiger partial charge on any atom is -0.549 e. The molecule has 166 valence electrons. The van der Waals surface area contributed by atoms with E-state index in [9.17, 15) is 23.1 Å². The van der Waals surface area contributed by atoms with E-state index >= 15 is 0 Å². The summed E-state index contributed by atoms with van der Waals surface area (Å²) >= 11 is 5.78. The molecule has 0 amide bonds. The number of rotatable bonds is 7. The van der Waals surface area contributed by atoms with Crippen LogP contribution in [0.4, 0.5) is 13.2 Å². The number of benzene rings is 1. The minimum atomic E-state index is -3.16. The molecule has 1 spiro atoms. The van der Waals surface area contributed by atoms with E-state index in [2.05, 4.69) is 9.72 Å². The van der Waals surface area contributed by atoms with Gasteiger partial charge < -0.3 is 24.1 Å². The molecule has 1 aliphatic heterocycles. The summed E-state index contributed by atoms with van der Waals surface area (Å²) in [4.78, 5) is 15.9. The van der Waals surface area contributed by atoms with Crippen LogP contribution in [0.3, 0.4) is 0 Å². The van der Waals surface area contributed by atoms with Crippen LogP contribution in [0.25, 0.3) is 11.1 Å². The number of aliphatic carboxylic acids is 1. The summed E-state index contributed by atoms with van der Waals surface area (Å²) in [5.74, 6) is -4.15. The average molecular weight is 464 g/mol. The fraction of sp³-hybridized carbons (Fsp3) is 0.429. The van der Waals surface area contributed by atoms with Gasteiger partial charge in [-0.2, -0.15) is 8.78 Å². The maximum Gasteiger partial charge on any atom is 1.00 e. The molecule has 1 aromatic heterocycles. The van der Waals surface area contributed by atoms with Crippen molar-refractivity contribution < 1.29 is 56.1 Å². The van der Waals surface area contributed by atoms with Crippen LogP contribution in [0.15, 0.2) is 30.5 Å². The molecule has 2 heterocycles. The third kappa shape index (κ3) is 5.08. The second-order valence-corrected chi connectivity index (χ2v) is 7.98. The number of hydrogen-bond donors (Lipinski definition) is 0. The zero-order chi connectivity index (χ0) is 22.2. The quantitative estimate of drug-likeness (QED) is 0.557. The van der Waals surface area contributed by atoms with Crippen LogP contribution in [-0.2, 0) is 14.3 Å². The first-order valence-electron chi connectivity index (χ1n) is 9.66. The molecule has 1 saturated carbocycles. The van der Waals surface area contributed by atoms with Gasteiger partial charge in [-0.3, -0.25) is 4.98 Å². The number of ether oxygens (including phenoxy) is 3. The monoisotopic (exact) mass is 463 g/mol. The summed E-state index contributed by atoms with van der Waals surface area (Å²) in [6.45, 7) is -2.11. The molecular formula is C21H18ClF3LiNO5. The summed E-state index contributed by atoms with van der Waals surface area (Å²) in [5, 5.41) is 11.4. The Morgan fingerprint density at radius 2 is 1.94 bits per heavy atom. The van der Waals surface area contributed by atoms with Gasteiger partial charge >= 0.3 is 25.5 Å². The first-order valence-corrected chi connectivity index (χ1v) is 10.0. The number of carboxylic acids is 1. The van der Waals surface area contributed by atoms with E-state index in [1.54, 1.807) is 0 Å². The summed E-state index contributed by atoms with van der Waals surface area (Å²) in [6, 6.07) is 5.02. The van der Waals surface area contributed by atoms with Gasteiger partial charge in [-0.15, -0.1) is 0 Å². The number of alkyl halides is 2. The summed E-state index contributed by atoms with van der Waals surface area (Å²) < 4.78 is 55.4. The molecule has 32 heavy (non-hydrogen) atoms. The summed E-state index contributed by atoms with van der Waals surface area (Å²) in [7, 11) is 0. The van der Waals surface area contributed by atoms with Crippen molar-refractivity contribution >= 4 is 17.6 Å². The fourth-order valence-corrected chi connectivity index (χ4v) is 4.30. The standard InChI is InChI=1S/C21H19ClF3NO5.Li/c22-14-2-4-16(31-20(24)25)17(18(14)23)12-1-3-15(26-10-12)13(19(27)28)7-11-8-21(9-11)29-5-6-30-21;/h1-4,10-11,13,20H,5-9H2,(H,27,28);/q;+1/p-1. The van der Waals surface area contributed by atoms with Gasteiger partial charge in [-0.25, -0.2) is 4.39 Å². The van der Waals surface area contributed by atoms with E-state index in [0.717, 1.165) is 12.1 Å². The van der Waals surface area contributed by atoms with E-state index in [-0.39, 0.29) is 53.0 Å². The van der Waals surface area contributed by atoms with Crippen molar-refractivity contribution in [3.63, 3.8) is 0 Å². The van der Waals surface area contributed by atoms with Crippen molar-refractivity contribution in [3.8, 4) is 16.9 Å². The van der Waals surface area contributed by atoms with Gasteiger partial charge in [0.2, 0.25) is 0 Å². The van der Waals surface area contributed by atoms with Gasteiger partial charge in [-0.1, -0.05) is 17.7 Å². The Kier molecular flexibility index (Phi) is 7.79. The van der Waals surface area contributed by atoms with Gasteiger partial charge in [0.25, 0.3) is 0 Å². The molecule has 1 saturated heterocycles. The molecular weight excluding hydrogens is 446 g/mol. The van der Waals surface area contributed by atoms with Crippen molar-refractivity contribution in [3.05, 3.63) is 47.0 Å². The predicted molar refractivity (Wildman–Crippen MR) is 101 cm³/mol. The van der Waals surface area contributed by atoms with Crippen LogP contribution >= 0.6 is 11.6 Å². The number of carbonyl (C=O) groups is 1. The molecule has 2 aromatic rings. The molecule has 4 rings (SSSR count). The molecule has 1 atom stereocenters. The number of carbonyl (C=O) groups excluding carboxylic acids is 1. The maximum absolute atomic E-state index is 14.5. The average Bonchev–Trinajstić information content (AvgIpc) is 3.18. The van der Waals surface area contributed by atoms with E-state index < -0.39 is 35.9 Å². The largest absolute Gasteiger partial charge is 1.00 e. The maximum atomic E-state index is 14.5. The summed E-state index contributed by atoms with van der Waals surface area (Å²) in [6.07, 6.45) is 2.67. The van der Waals surface area contributed by atoms with Gasteiger partial charge in [0.05, 0.1) is 29.8 Å². The third-order valence-electron chi connectivity index (χ3n) is 5.57. The molecule has 11 heteroatoms. The number of aromatic nitrogens is 1. The van der Waals surface area contributed by atoms with Crippen LogP contribution in [0.1, 0.15) is 30.9 Å². The van der Waals surface area contributed by atoms with Crippen molar-refractivity contribution in [2.75, 3.05) is 13.2 Å². The molecule has 2 aliphatic rings. The minimum absolute atomic E-state index is 0. The molecule has 0 bridgehead atoms. The van der Waals surface area contributed by atoms with E-state index in [4.69, 9.17) is 21.1 Å². The van der Waals surface area contributed by atoms with Crippen molar-refractivity contribution in [1.29, 1.82) is 0 Å². The summed E-state index contributed by atoms with van der Waals surface area (Å²) in [5.41, 5.74) is 0.0527. The smallest absolute Gasteiger partial charge is 0.549 e. The number of hydrogen-bond acceptors (Lipinski definition) is 6. The molecule has 1 unspecified atom stereocenters. The van der Waals surface area contributed by atoms with Gasteiger partial charge in [-0.05, 0) is 30.5 Å². The Morgan fingerprint density at radius 1 is 1.25 bits per heavy atom. The number of pyridine rings is 1. The predicted octanol–water partition coefficient (Wildman–Crippen LogP) is 0.523. The molecule has 0 radical (unpaired) electrons. The van der Waals surface area contributed by atoms with Gasteiger partial charge in [0, 0.05) is 36.2 Å². The Hall–Kier alpha value is -1.76. The van der Waals surface area contributed by atoms with E-state index in [0.29, 0.717) is 26.1 Å². The van der Waals surface area contributed by atoms with Crippen LogP contribution in [0, 0.1) is 11.7 Å². The van der Waals surface area contributed by atoms with Crippen LogP contribution < -0.4 is 28.7 Å². The Bertz CT molecular complexity index is 965. The molecule has 2 fully saturated rings. The Morgan fingerprint density at radius 3 is 2.50 bits per heavy atom. The normalized spacial score (nSPS) is 18.3. The SMILES string of the molecule is O=C([O-])C(CC1CC2(C1)OCCO2)c1ccc(-c2c(OC(F)F)ccc(Cl)c2F)cn1.[Li+]. The molecule has 1 aliphatic carbocycles. The zero-order valence-electron chi connectivity index (χ0n) is 17.2. The second kappa shape index (κ2) is 10.0. The number of halogens is 4. The molecule has 6 nitrogen and oxygen atoms in total. The third-order valence-corrected chi connectivity index (χ3v) is 5.86. The fourth-order valence-electron chi connectivity index (χ4n) is 4.15. The van der Waals surface area contributed by atoms with Crippen LogP contribution in [0.5, 0.6) is 5.75 Å². The van der Waals surface area contributed by atoms with Crippen molar-refractivity contribution in [2.24, 2.45) is 5.92 Å². The molecule has 0 N–H and O–H groups in total. The van der Waals surface area contributed by atoms with Crippen LogP contribution in [-0.4, -0.2) is 36.6 Å². The number of carboxylic acid groups (broad SMARTS) is 1. The van der Waals surface area contributed by atoms with Crippen LogP contribution in [0.2, 0.25) is 5.02 Å². The van der Waals surface area contributed by atoms with Gasteiger partial charge in [0.15, 0.2) is 11.6 Å². The zero-order valence-corrected chi connectivity index (χ0v) is 17.9. The van der Waals surface area contributed by atoms with Crippen molar-refractivity contribution in [2.45, 2.75) is 37.6 Å². The van der Waals surface area contributed by atoms with Crippen molar-refractivity contribution in [1.82, 2.24) is 4.98 Å². The first kappa shape index (κ1) is 24.9. The number of nitrogens with zero attached hydrogens (tertiary/aromatic N) is 1. The van der Waals surface area contributed by atoms with E-state index in [1.807, 2.05) is 0 Å². The van der Waals surface area contributed by atoms with Gasteiger partial charge in [0.1, 0.15) is 5.75 Å².